The van der Waals surface area contributed by atoms with Crippen molar-refractivity contribution in [3.8, 4) is 11.5 Å². The second kappa shape index (κ2) is 9.82. The Morgan fingerprint density at radius 1 is 1.03 bits per heavy atom. The maximum absolute atomic E-state index is 12.6. The Labute approximate surface area is 200 Å². The molecule has 1 aliphatic rings. The van der Waals surface area contributed by atoms with Crippen LogP contribution in [0.5, 0.6) is 0 Å². The molecule has 1 saturated heterocycles. The molecular weight excluding hydrogens is 460 g/mol. The van der Waals surface area contributed by atoms with Crippen LogP contribution >= 0.6 is 23.4 Å². The van der Waals surface area contributed by atoms with Gasteiger partial charge in [-0.15, -0.1) is 10.2 Å². The highest BCUT2D eigenvalue weighted by Crippen LogP contribution is 2.35. The largest absolute Gasteiger partial charge is 0.411 e. The van der Waals surface area contributed by atoms with E-state index in [1.807, 2.05) is 54.6 Å². The number of fused-ring (bicyclic) bond motifs is 1. The molecule has 0 radical (unpaired) electrons. The van der Waals surface area contributed by atoms with Gasteiger partial charge in [0.1, 0.15) is 0 Å². The predicted octanol–water partition coefficient (Wildman–Crippen LogP) is 5.11. The standard InChI is InChI=1S/C24H21ClN4O3S/c25-19-6-3-7-20(22(19)29-10-12-31-13-11-29)26-21(30)15-33-24-28-27-23(32-24)18-9-8-16-4-1-2-5-17(16)14-18/h1-9,14H,10-13,15H2,(H,26,30). The number of para-hydroxylation sites is 1. The van der Waals surface area contributed by atoms with Gasteiger partial charge in [-0.05, 0) is 35.0 Å². The van der Waals surface area contributed by atoms with Crippen molar-refractivity contribution in [2.45, 2.75) is 5.22 Å². The highest BCUT2D eigenvalue weighted by atomic mass is 35.5. The lowest BCUT2D eigenvalue weighted by atomic mass is 10.1. The molecule has 1 aliphatic heterocycles. The average Bonchev–Trinajstić information content (AvgIpc) is 3.32. The lowest BCUT2D eigenvalue weighted by Crippen LogP contribution is -2.37. The van der Waals surface area contributed by atoms with Gasteiger partial charge in [0.15, 0.2) is 0 Å². The number of thioether (sulfide) groups is 1. The Kier molecular flexibility index (Phi) is 6.48. The molecule has 1 N–H and O–H groups in total. The Morgan fingerprint density at radius 2 is 1.85 bits per heavy atom. The van der Waals surface area contributed by atoms with Gasteiger partial charge < -0.3 is 19.4 Å². The third kappa shape index (κ3) is 4.98. The lowest BCUT2D eigenvalue weighted by molar-refractivity contribution is -0.113. The monoisotopic (exact) mass is 480 g/mol. The molecule has 5 rings (SSSR count). The molecule has 0 atom stereocenters. The van der Waals surface area contributed by atoms with Crippen LogP contribution < -0.4 is 10.2 Å². The van der Waals surface area contributed by atoms with Crippen LogP contribution in [-0.4, -0.2) is 48.2 Å². The first kappa shape index (κ1) is 21.8. The number of halogens is 1. The van der Waals surface area contributed by atoms with Crippen LogP contribution in [0.15, 0.2) is 70.3 Å². The van der Waals surface area contributed by atoms with Crippen molar-refractivity contribution in [2.75, 3.05) is 42.3 Å². The number of anilines is 2. The molecule has 0 bridgehead atoms. The van der Waals surface area contributed by atoms with E-state index in [4.69, 9.17) is 20.8 Å². The van der Waals surface area contributed by atoms with E-state index >= 15 is 0 Å². The van der Waals surface area contributed by atoms with Crippen LogP contribution in [0.4, 0.5) is 11.4 Å². The lowest BCUT2D eigenvalue weighted by Gasteiger charge is -2.31. The molecule has 1 fully saturated rings. The minimum Gasteiger partial charge on any atom is -0.411 e. The molecule has 2 heterocycles. The number of carbonyl (C=O) groups is 1. The number of hydrogen-bond acceptors (Lipinski definition) is 7. The van der Waals surface area contributed by atoms with Crippen LogP contribution in [0.25, 0.3) is 22.2 Å². The van der Waals surface area contributed by atoms with E-state index in [2.05, 4.69) is 26.5 Å². The number of aromatic nitrogens is 2. The molecule has 33 heavy (non-hydrogen) atoms. The van der Waals surface area contributed by atoms with Crippen molar-refractivity contribution in [2.24, 2.45) is 0 Å². The summed E-state index contributed by atoms with van der Waals surface area (Å²) < 4.78 is 11.2. The quantitative estimate of drug-likeness (QED) is 0.384. The maximum atomic E-state index is 12.6. The van der Waals surface area contributed by atoms with Gasteiger partial charge in [-0.1, -0.05) is 59.8 Å². The number of rotatable bonds is 6. The van der Waals surface area contributed by atoms with Gasteiger partial charge in [0.2, 0.25) is 11.8 Å². The fourth-order valence-corrected chi connectivity index (χ4v) is 4.60. The van der Waals surface area contributed by atoms with Crippen molar-refractivity contribution in [3.63, 3.8) is 0 Å². The van der Waals surface area contributed by atoms with E-state index in [0.717, 1.165) is 35.1 Å². The molecule has 168 valence electrons. The van der Waals surface area contributed by atoms with Crippen LogP contribution in [-0.2, 0) is 9.53 Å². The second-order valence-electron chi connectivity index (χ2n) is 7.51. The summed E-state index contributed by atoms with van der Waals surface area (Å²) in [5.74, 6) is 0.379. The molecule has 0 saturated carbocycles. The summed E-state index contributed by atoms with van der Waals surface area (Å²) in [7, 11) is 0. The molecule has 9 heteroatoms. The van der Waals surface area contributed by atoms with Crippen molar-refractivity contribution in [1.29, 1.82) is 0 Å². The van der Waals surface area contributed by atoms with Crippen molar-refractivity contribution >= 4 is 51.4 Å². The van der Waals surface area contributed by atoms with Gasteiger partial charge in [0, 0.05) is 18.7 Å². The fourth-order valence-electron chi connectivity index (χ4n) is 3.75. The molecule has 1 aromatic heterocycles. The minimum atomic E-state index is -0.178. The number of ether oxygens (including phenoxy) is 1. The SMILES string of the molecule is O=C(CSc1nnc(-c2ccc3ccccc3c2)o1)Nc1cccc(Cl)c1N1CCOCC1. The third-order valence-electron chi connectivity index (χ3n) is 5.32. The first-order chi connectivity index (χ1) is 16.2. The van der Waals surface area contributed by atoms with Gasteiger partial charge in [-0.2, -0.15) is 0 Å². The number of amides is 1. The summed E-state index contributed by atoms with van der Waals surface area (Å²) >= 11 is 7.64. The van der Waals surface area contributed by atoms with Crippen molar-refractivity contribution in [1.82, 2.24) is 10.2 Å². The van der Waals surface area contributed by atoms with E-state index in [1.54, 1.807) is 0 Å². The average molecular weight is 481 g/mol. The summed E-state index contributed by atoms with van der Waals surface area (Å²) in [6.45, 7) is 2.71. The number of benzene rings is 3. The van der Waals surface area contributed by atoms with E-state index < -0.39 is 0 Å². The number of carbonyl (C=O) groups excluding carboxylic acids is 1. The first-order valence-corrected chi connectivity index (χ1v) is 11.9. The van der Waals surface area contributed by atoms with Crippen LogP contribution in [0, 0.1) is 0 Å². The van der Waals surface area contributed by atoms with E-state index in [9.17, 15) is 4.79 Å². The zero-order valence-electron chi connectivity index (χ0n) is 17.7. The first-order valence-electron chi connectivity index (χ1n) is 10.5. The zero-order chi connectivity index (χ0) is 22.6. The highest BCUT2D eigenvalue weighted by Gasteiger charge is 2.19. The van der Waals surface area contributed by atoms with Gasteiger partial charge in [-0.3, -0.25) is 4.79 Å². The molecule has 0 aliphatic carbocycles. The Bertz CT molecular complexity index is 1290. The summed E-state index contributed by atoms with van der Waals surface area (Å²) in [4.78, 5) is 14.8. The molecule has 1 amide bonds. The molecule has 0 spiro atoms. The zero-order valence-corrected chi connectivity index (χ0v) is 19.2. The number of nitrogens with one attached hydrogen (secondary N) is 1. The summed E-state index contributed by atoms with van der Waals surface area (Å²) in [5.41, 5.74) is 2.33. The second-order valence-corrected chi connectivity index (χ2v) is 8.84. The molecule has 3 aromatic carbocycles. The van der Waals surface area contributed by atoms with E-state index in [1.165, 1.54) is 11.8 Å². The molecule has 0 unspecified atom stereocenters. The smallest absolute Gasteiger partial charge is 0.277 e. The number of morpholine rings is 1. The van der Waals surface area contributed by atoms with Gasteiger partial charge >= 0.3 is 0 Å². The fraction of sp³-hybridized carbons (Fsp3) is 0.208. The summed E-state index contributed by atoms with van der Waals surface area (Å²) in [6.07, 6.45) is 0. The summed E-state index contributed by atoms with van der Waals surface area (Å²) in [5, 5.41) is 14.4. The van der Waals surface area contributed by atoms with Crippen LogP contribution in [0.1, 0.15) is 0 Å². The Balaban J connectivity index is 1.24. The third-order valence-corrected chi connectivity index (χ3v) is 6.44. The van der Waals surface area contributed by atoms with Gasteiger partial charge in [-0.25, -0.2) is 0 Å². The van der Waals surface area contributed by atoms with Gasteiger partial charge in [0.25, 0.3) is 5.22 Å². The highest BCUT2D eigenvalue weighted by molar-refractivity contribution is 7.99. The number of hydrogen-bond donors (Lipinski definition) is 1. The summed E-state index contributed by atoms with van der Waals surface area (Å²) in [6, 6.07) is 19.6. The van der Waals surface area contributed by atoms with Crippen molar-refractivity contribution < 1.29 is 13.9 Å². The number of nitrogens with zero attached hydrogens (tertiary/aromatic N) is 3. The van der Waals surface area contributed by atoms with Crippen LogP contribution in [0.3, 0.4) is 0 Å². The van der Waals surface area contributed by atoms with Crippen molar-refractivity contribution in [3.05, 3.63) is 65.7 Å². The normalized spacial score (nSPS) is 13.9. The van der Waals surface area contributed by atoms with Crippen LogP contribution in [0.2, 0.25) is 5.02 Å². The molecular formula is C24H21ClN4O3S. The Morgan fingerprint density at radius 3 is 2.70 bits per heavy atom. The van der Waals surface area contributed by atoms with E-state index in [-0.39, 0.29) is 11.7 Å². The Hall–Kier alpha value is -3.07. The topological polar surface area (TPSA) is 80.5 Å². The van der Waals surface area contributed by atoms with Gasteiger partial charge in [0.05, 0.1) is 35.4 Å². The minimum absolute atomic E-state index is 0.133. The maximum Gasteiger partial charge on any atom is 0.277 e. The van der Waals surface area contributed by atoms with E-state index in [0.29, 0.717) is 35.0 Å². The molecule has 4 aromatic rings. The predicted molar refractivity (Wildman–Crippen MR) is 131 cm³/mol. The molecule has 7 nitrogen and oxygen atoms in total.